The standard InChI is InChI=1S/C18H14N6O/c25-17-9-10-19-16(20-17)11-12-5-7-13(8-6-12)14-3-1-2-4-15(14)18-21-23-24-22-18/h1-10H,11H2,(H,19,20,25)(H,21,22,23,24). The van der Waals surface area contributed by atoms with Crippen LogP contribution in [0, 0.1) is 0 Å². The predicted molar refractivity (Wildman–Crippen MR) is 92.7 cm³/mol. The molecule has 0 bridgehead atoms. The Hall–Kier alpha value is -3.61. The number of H-pyrrole nitrogens is 2. The number of nitrogens with zero attached hydrogens (tertiary/aromatic N) is 4. The van der Waals surface area contributed by atoms with Crippen LogP contribution in [0.15, 0.2) is 65.6 Å². The van der Waals surface area contributed by atoms with E-state index in [1.807, 2.05) is 48.5 Å². The average molecular weight is 330 g/mol. The van der Waals surface area contributed by atoms with Crippen molar-refractivity contribution in [1.29, 1.82) is 0 Å². The molecular weight excluding hydrogens is 316 g/mol. The smallest absolute Gasteiger partial charge is 0.250 e. The van der Waals surface area contributed by atoms with E-state index in [0.29, 0.717) is 18.1 Å². The van der Waals surface area contributed by atoms with E-state index < -0.39 is 0 Å². The molecule has 0 radical (unpaired) electrons. The van der Waals surface area contributed by atoms with Crippen LogP contribution in [0.25, 0.3) is 22.5 Å². The molecule has 2 aromatic heterocycles. The second-order valence-electron chi connectivity index (χ2n) is 5.54. The fourth-order valence-corrected chi connectivity index (χ4v) is 2.70. The maximum Gasteiger partial charge on any atom is 0.250 e. The normalized spacial score (nSPS) is 10.7. The van der Waals surface area contributed by atoms with Gasteiger partial charge in [0.15, 0.2) is 0 Å². The van der Waals surface area contributed by atoms with Crippen molar-refractivity contribution in [3.8, 4) is 22.5 Å². The Labute approximate surface area is 142 Å². The lowest BCUT2D eigenvalue weighted by Gasteiger charge is -2.08. The van der Waals surface area contributed by atoms with Gasteiger partial charge in [-0.05, 0) is 21.9 Å². The van der Waals surface area contributed by atoms with Crippen molar-refractivity contribution in [2.24, 2.45) is 0 Å². The Kier molecular flexibility index (Phi) is 3.88. The molecule has 0 fully saturated rings. The highest BCUT2D eigenvalue weighted by Crippen LogP contribution is 2.29. The molecule has 0 spiro atoms. The van der Waals surface area contributed by atoms with E-state index in [9.17, 15) is 4.79 Å². The van der Waals surface area contributed by atoms with Crippen LogP contribution in [0.5, 0.6) is 0 Å². The second-order valence-corrected chi connectivity index (χ2v) is 5.54. The van der Waals surface area contributed by atoms with Crippen LogP contribution in [0.1, 0.15) is 11.4 Å². The zero-order valence-electron chi connectivity index (χ0n) is 13.2. The molecular formula is C18H14N6O. The summed E-state index contributed by atoms with van der Waals surface area (Å²) in [6.45, 7) is 0. The molecule has 4 aromatic rings. The SMILES string of the molecule is O=c1ccnc(Cc2ccc(-c3ccccc3-c3nn[nH]n3)cc2)[nH]1. The first-order chi connectivity index (χ1) is 12.3. The van der Waals surface area contributed by atoms with E-state index >= 15 is 0 Å². The Morgan fingerprint density at radius 1 is 0.920 bits per heavy atom. The third-order valence-corrected chi connectivity index (χ3v) is 3.87. The summed E-state index contributed by atoms with van der Waals surface area (Å²) >= 11 is 0. The molecule has 2 aromatic carbocycles. The van der Waals surface area contributed by atoms with Crippen LogP contribution in [0.3, 0.4) is 0 Å². The summed E-state index contributed by atoms with van der Waals surface area (Å²) in [6.07, 6.45) is 2.09. The number of tetrazole rings is 1. The minimum atomic E-state index is -0.143. The quantitative estimate of drug-likeness (QED) is 0.597. The fourth-order valence-electron chi connectivity index (χ4n) is 2.70. The van der Waals surface area contributed by atoms with E-state index in [4.69, 9.17) is 0 Å². The summed E-state index contributed by atoms with van der Waals surface area (Å²) < 4.78 is 0. The monoisotopic (exact) mass is 330 g/mol. The van der Waals surface area contributed by atoms with Crippen molar-refractivity contribution in [3.63, 3.8) is 0 Å². The highest BCUT2D eigenvalue weighted by molar-refractivity contribution is 5.80. The largest absolute Gasteiger partial charge is 0.310 e. The number of nitrogens with one attached hydrogen (secondary N) is 2. The third-order valence-electron chi connectivity index (χ3n) is 3.87. The average Bonchev–Trinajstić information content (AvgIpc) is 3.17. The summed E-state index contributed by atoms with van der Waals surface area (Å²) in [5.74, 6) is 1.21. The molecule has 4 rings (SSSR count). The summed E-state index contributed by atoms with van der Waals surface area (Å²) in [5, 5.41) is 14.2. The Balaban J connectivity index is 1.64. The second kappa shape index (κ2) is 6.48. The lowest BCUT2D eigenvalue weighted by atomic mass is 9.98. The van der Waals surface area contributed by atoms with Crippen LogP contribution in [0.2, 0.25) is 0 Å². The van der Waals surface area contributed by atoms with Gasteiger partial charge in [0.2, 0.25) is 5.82 Å². The molecule has 0 saturated heterocycles. The van der Waals surface area contributed by atoms with Gasteiger partial charge in [0.1, 0.15) is 5.82 Å². The molecule has 0 atom stereocenters. The maximum atomic E-state index is 11.4. The van der Waals surface area contributed by atoms with Gasteiger partial charge in [-0.2, -0.15) is 5.21 Å². The van der Waals surface area contributed by atoms with Gasteiger partial charge in [-0.3, -0.25) is 4.79 Å². The number of hydrogen-bond donors (Lipinski definition) is 2. The van der Waals surface area contributed by atoms with Gasteiger partial charge in [0.05, 0.1) is 0 Å². The molecule has 0 aliphatic heterocycles. The summed E-state index contributed by atoms with van der Waals surface area (Å²) in [6, 6.07) is 17.4. The van der Waals surface area contributed by atoms with Crippen LogP contribution < -0.4 is 5.56 Å². The molecule has 0 aliphatic rings. The van der Waals surface area contributed by atoms with Gasteiger partial charge >= 0.3 is 0 Å². The van der Waals surface area contributed by atoms with Crippen molar-refractivity contribution < 1.29 is 0 Å². The topological polar surface area (TPSA) is 100 Å². The van der Waals surface area contributed by atoms with Gasteiger partial charge in [-0.1, -0.05) is 48.5 Å². The van der Waals surface area contributed by atoms with Crippen LogP contribution in [-0.2, 0) is 6.42 Å². The van der Waals surface area contributed by atoms with Gasteiger partial charge in [0, 0.05) is 24.2 Å². The third kappa shape index (κ3) is 3.20. The van der Waals surface area contributed by atoms with Crippen LogP contribution in [-0.4, -0.2) is 30.6 Å². The maximum absolute atomic E-state index is 11.4. The highest BCUT2D eigenvalue weighted by atomic mass is 16.1. The van der Waals surface area contributed by atoms with Gasteiger partial charge in [-0.25, -0.2) is 4.98 Å². The lowest BCUT2D eigenvalue weighted by Crippen LogP contribution is -2.09. The molecule has 2 N–H and O–H groups in total. The first kappa shape index (κ1) is 14.9. The molecule has 7 nitrogen and oxygen atoms in total. The zero-order chi connectivity index (χ0) is 17.1. The number of rotatable bonds is 4. The Morgan fingerprint density at radius 3 is 2.44 bits per heavy atom. The summed E-state index contributed by atoms with van der Waals surface area (Å²) in [5.41, 5.74) is 3.92. The summed E-state index contributed by atoms with van der Waals surface area (Å²) in [7, 11) is 0. The van der Waals surface area contributed by atoms with Crippen molar-refractivity contribution in [2.45, 2.75) is 6.42 Å². The Bertz CT molecular complexity index is 1040. The van der Waals surface area contributed by atoms with Crippen molar-refractivity contribution >= 4 is 0 Å². The molecule has 2 heterocycles. The molecule has 122 valence electrons. The first-order valence-electron chi connectivity index (χ1n) is 7.76. The predicted octanol–water partition coefficient (Wildman–Crippen LogP) is 2.21. The van der Waals surface area contributed by atoms with E-state index in [0.717, 1.165) is 22.3 Å². The van der Waals surface area contributed by atoms with Gasteiger partial charge in [-0.15, -0.1) is 10.2 Å². The highest BCUT2D eigenvalue weighted by Gasteiger charge is 2.10. The lowest BCUT2D eigenvalue weighted by molar-refractivity contribution is 0.881. The molecule has 0 amide bonds. The zero-order valence-corrected chi connectivity index (χ0v) is 13.2. The van der Waals surface area contributed by atoms with E-state index in [1.54, 1.807) is 0 Å². The molecule has 25 heavy (non-hydrogen) atoms. The number of benzene rings is 2. The molecule has 7 heteroatoms. The minimum absolute atomic E-state index is 0.143. The van der Waals surface area contributed by atoms with E-state index in [1.165, 1.54) is 12.3 Å². The molecule has 0 aliphatic carbocycles. The van der Waals surface area contributed by atoms with Crippen molar-refractivity contribution in [2.75, 3.05) is 0 Å². The Morgan fingerprint density at radius 2 is 1.72 bits per heavy atom. The number of hydrogen-bond acceptors (Lipinski definition) is 5. The molecule has 0 saturated carbocycles. The number of aromatic nitrogens is 6. The van der Waals surface area contributed by atoms with E-state index in [2.05, 4.69) is 30.6 Å². The first-order valence-corrected chi connectivity index (χ1v) is 7.76. The van der Waals surface area contributed by atoms with Crippen LogP contribution in [0.4, 0.5) is 0 Å². The minimum Gasteiger partial charge on any atom is -0.310 e. The van der Waals surface area contributed by atoms with Gasteiger partial charge in [0.25, 0.3) is 5.56 Å². The molecule has 0 unspecified atom stereocenters. The summed E-state index contributed by atoms with van der Waals surface area (Å²) in [4.78, 5) is 18.3. The fraction of sp³-hybridized carbons (Fsp3) is 0.0556. The number of aromatic amines is 2. The van der Waals surface area contributed by atoms with Crippen molar-refractivity contribution in [1.82, 2.24) is 30.6 Å². The van der Waals surface area contributed by atoms with Crippen LogP contribution >= 0.6 is 0 Å². The van der Waals surface area contributed by atoms with Gasteiger partial charge < -0.3 is 4.98 Å². The van der Waals surface area contributed by atoms with Crippen molar-refractivity contribution in [3.05, 3.63) is 82.5 Å². The van der Waals surface area contributed by atoms with E-state index in [-0.39, 0.29) is 5.56 Å².